The summed E-state index contributed by atoms with van der Waals surface area (Å²) in [5.41, 5.74) is 0. The Hall–Kier alpha value is -0.200. The SMILES string of the molecule is C=S(=O)(c1ccc(Cl)cc1)C1CCC2NSN(C3CC3)CC2C1. The van der Waals surface area contributed by atoms with Gasteiger partial charge in [-0.2, -0.15) is 0 Å². The lowest BCUT2D eigenvalue weighted by molar-refractivity contribution is 0.226. The highest BCUT2D eigenvalue weighted by atomic mass is 35.5. The van der Waals surface area contributed by atoms with Crippen LogP contribution in [0, 0.1) is 5.92 Å². The summed E-state index contributed by atoms with van der Waals surface area (Å²) in [7, 11) is -2.26. The molecule has 0 spiro atoms. The van der Waals surface area contributed by atoms with E-state index in [0.29, 0.717) is 17.0 Å². The van der Waals surface area contributed by atoms with Gasteiger partial charge in [-0.15, -0.1) is 0 Å². The normalized spacial score (nSPS) is 34.6. The monoisotopic (exact) mass is 370 g/mol. The third-order valence-electron chi connectivity index (χ3n) is 5.38. The van der Waals surface area contributed by atoms with E-state index in [0.717, 1.165) is 36.7 Å². The highest BCUT2D eigenvalue weighted by Gasteiger charge is 2.41. The first-order valence-electron chi connectivity index (χ1n) is 8.35. The quantitative estimate of drug-likeness (QED) is 0.651. The Morgan fingerprint density at radius 1 is 1.22 bits per heavy atom. The van der Waals surface area contributed by atoms with Gasteiger partial charge in [0.25, 0.3) is 0 Å². The van der Waals surface area contributed by atoms with Crippen LogP contribution in [0.4, 0.5) is 0 Å². The number of benzene rings is 1. The Balaban J connectivity index is 1.50. The van der Waals surface area contributed by atoms with Crippen molar-refractivity contribution in [2.24, 2.45) is 5.92 Å². The van der Waals surface area contributed by atoms with Crippen LogP contribution in [0.15, 0.2) is 29.2 Å². The highest BCUT2D eigenvalue weighted by molar-refractivity contribution is 8.01. The zero-order valence-electron chi connectivity index (χ0n) is 13.1. The van der Waals surface area contributed by atoms with E-state index < -0.39 is 9.52 Å². The average Bonchev–Trinajstić information content (AvgIpc) is 3.39. The number of hydrogen-bond donors (Lipinski definition) is 1. The van der Waals surface area contributed by atoms with Gasteiger partial charge >= 0.3 is 0 Å². The second-order valence-corrected chi connectivity index (χ2v) is 10.9. The van der Waals surface area contributed by atoms with E-state index in [2.05, 4.69) is 14.9 Å². The standard InChI is InChI=1S/C17H23ClN2OS2/c1-23(21,15-6-2-13(18)3-7-15)16-8-9-17-12(10-16)11-20(22-19-17)14-4-5-14/h2-3,6-7,12,14,16-17,19H,1,4-5,8-11H2. The van der Waals surface area contributed by atoms with Gasteiger partial charge in [0.05, 0.1) is 0 Å². The summed E-state index contributed by atoms with van der Waals surface area (Å²) in [4.78, 5) is 0.850. The molecule has 0 radical (unpaired) electrons. The van der Waals surface area contributed by atoms with Gasteiger partial charge in [0.15, 0.2) is 0 Å². The Morgan fingerprint density at radius 2 is 1.96 bits per heavy atom. The molecule has 1 N–H and O–H groups in total. The minimum absolute atomic E-state index is 0.177. The van der Waals surface area contributed by atoms with E-state index in [4.69, 9.17) is 11.6 Å². The summed E-state index contributed by atoms with van der Waals surface area (Å²) in [5, 5.41) is 0.858. The van der Waals surface area contributed by atoms with Crippen LogP contribution in [-0.4, -0.2) is 38.3 Å². The summed E-state index contributed by atoms with van der Waals surface area (Å²) in [6.45, 7) is 1.12. The van der Waals surface area contributed by atoms with Crippen LogP contribution < -0.4 is 4.72 Å². The van der Waals surface area contributed by atoms with Gasteiger partial charge in [-0.05, 0) is 77.7 Å². The fourth-order valence-corrected chi connectivity index (χ4v) is 7.16. The third kappa shape index (κ3) is 3.31. The molecule has 3 aliphatic rings. The smallest absolute Gasteiger partial charge is 0.0406 e. The second-order valence-electron chi connectivity index (χ2n) is 7.02. The van der Waals surface area contributed by atoms with Gasteiger partial charge in [0.2, 0.25) is 0 Å². The Morgan fingerprint density at radius 3 is 2.65 bits per heavy atom. The molecule has 0 amide bonds. The van der Waals surface area contributed by atoms with Gasteiger partial charge in [0.1, 0.15) is 0 Å². The highest BCUT2D eigenvalue weighted by Crippen LogP contribution is 2.41. The van der Waals surface area contributed by atoms with Crippen LogP contribution in [-0.2, 0) is 9.52 Å². The largest absolute Gasteiger partial charge is 0.263 e. The maximum Gasteiger partial charge on any atom is 0.0406 e. The van der Waals surface area contributed by atoms with E-state index >= 15 is 0 Å². The molecule has 1 aliphatic heterocycles. The predicted molar refractivity (Wildman–Crippen MR) is 100 cm³/mol. The zero-order valence-corrected chi connectivity index (χ0v) is 15.5. The molecule has 1 aromatic carbocycles. The van der Waals surface area contributed by atoms with Crippen molar-refractivity contribution in [2.45, 2.75) is 54.3 Å². The molecule has 1 aromatic rings. The average molecular weight is 371 g/mol. The van der Waals surface area contributed by atoms with E-state index in [1.165, 1.54) is 12.8 Å². The number of rotatable bonds is 3. The fraction of sp³-hybridized carbons (Fsp3) is 0.588. The van der Waals surface area contributed by atoms with Crippen molar-refractivity contribution in [3.8, 4) is 0 Å². The van der Waals surface area contributed by atoms with Crippen molar-refractivity contribution in [1.29, 1.82) is 0 Å². The Kier molecular flexibility index (Phi) is 4.43. The fourth-order valence-electron chi connectivity index (χ4n) is 3.77. The molecule has 1 heterocycles. The third-order valence-corrected chi connectivity index (χ3v) is 9.29. The van der Waals surface area contributed by atoms with Crippen LogP contribution in [0.3, 0.4) is 0 Å². The topological polar surface area (TPSA) is 32.3 Å². The van der Waals surface area contributed by atoms with E-state index in [1.807, 2.05) is 36.4 Å². The van der Waals surface area contributed by atoms with Crippen molar-refractivity contribution < 1.29 is 4.21 Å². The number of halogens is 1. The Labute approximate surface area is 148 Å². The molecule has 2 aliphatic carbocycles. The lowest BCUT2D eigenvalue weighted by Gasteiger charge is -2.44. The van der Waals surface area contributed by atoms with Gasteiger partial charge in [0, 0.05) is 45.9 Å². The van der Waals surface area contributed by atoms with Gasteiger partial charge < -0.3 is 0 Å². The molecule has 0 bridgehead atoms. The van der Waals surface area contributed by atoms with E-state index in [1.54, 1.807) is 0 Å². The molecular formula is C17H23ClN2OS2. The lowest BCUT2D eigenvalue weighted by Crippen LogP contribution is -2.51. The molecule has 0 aromatic heterocycles. The first-order chi connectivity index (χ1) is 11.0. The molecule has 1 saturated heterocycles. The van der Waals surface area contributed by atoms with Gasteiger partial charge in [-0.1, -0.05) is 11.6 Å². The molecular weight excluding hydrogens is 348 g/mol. The summed E-state index contributed by atoms with van der Waals surface area (Å²) >= 11 is 7.77. The lowest BCUT2D eigenvalue weighted by atomic mass is 9.84. The first kappa shape index (κ1) is 16.3. The molecule has 2 saturated carbocycles. The Bertz CT molecular complexity index is 672. The van der Waals surface area contributed by atoms with E-state index in [-0.39, 0.29) is 5.25 Å². The van der Waals surface area contributed by atoms with Gasteiger partial charge in [-0.3, -0.25) is 4.21 Å². The van der Waals surface area contributed by atoms with Crippen molar-refractivity contribution in [1.82, 2.24) is 9.03 Å². The minimum atomic E-state index is -2.26. The molecule has 6 heteroatoms. The summed E-state index contributed by atoms with van der Waals surface area (Å²) < 4.78 is 19.5. The summed E-state index contributed by atoms with van der Waals surface area (Å²) in [6.07, 6.45) is 5.75. The molecule has 23 heavy (non-hydrogen) atoms. The minimum Gasteiger partial charge on any atom is -0.263 e. The van der Waals surface area contributed by atoms with Crippen LogP contribution in [0.1, 0.15) is 32.1 Å². The molecule has 3 nitrogen and oxygen atoms in total. The summed E-state index contributed by atoms with van der Waals surface area (Å²) in [5.74, 6) is 4.73. The molecule has 4 unspecified atom stereocenters. The predicted octanol–water partition coefficient (Wildman–Crippen LogP) is 3.58. The second kappa shape index (κ2) is 6.26. The number of nitrogens with zero attached hydrogens (tertiary/aromatic N) is 1. The van der Waals surface area contributed by atoms with Crippen LogP contribution in [0.2, 0.25) is 5.02 Å². The van der Waals surface area contributed by atoms with Crippen LogP contribution in [0.25, 0.3) is 0 Å². The zero-order chi connectivity index (χ0) is 16.0. The van der Waals surface area contributed by atoms with E-state index in [9.17, 15) is 4.21 Å². The molecule has 126 valence electrons. The van der Waals surface area contributed by atoms with Crippen LogP contribution >= 0.6 is 23.7 Å². The van der Waals surface area contributed by atoms with Crippen molar-refractivity contribution in [3.05, 3.63) is 29.3 Å². The molecule has 4 rings (SSSR count). The molecule has 4 atom stereocenters. The number of fused-ring (bicyclic) bond motifs is 1. The number of hydrogen-bond acceptors (Lipinski definition) is 4. The maximum atomic E-state index is 13.4. The van der Waals surface area contributed by atoms with Crippen molar-refractivity contribution in [3.63, 3.8) is 0 Å². The number of nitrogens with one attached hydrogen (secondary N) is 1. The first-order valence-corrected chi connectivity index (χ1v) is 11.3. The van der Waals surface area contributed by atoms with Crippen molar-refractivity contribution >= 4 is 39.1 Å². The van der Waals surface area contributed by atoms with Crippen molar-refractivity contribution in [2.75, 3.05) is 6.54 Å². The van der Waals surface area contributed by atoms with Crippen LogP contribution in [0.5, 0.6) is 0 Å². The summed E-state index contributed by atoms with van der Waals surface area (Å²) in [6, 6.07) is 8.73. The van der Waals surface area contributed by atoms with Gasteiger partial charge in [-0.25, -0.2) is 9.03 Å². The maximum absolute atomic E-state index is 13.4. The molecule has 3 fully saturated rings.